The first-order chi connectivity index (χ1) is 14.6. The van der Waals surface area contributed by atoms with Crippen molar-refractivity contribution >= 4 is 34.4 Å². The molecule has 1 N–H and O–H groups in total. The average molecular weight is 425 g/mol. The summed E-state index contributed by atoms with van der Waals surface area (Å²) in [6.45, 7) is 11.0. The van der Waals surface area contributed by atoms with Crippen LogP contribution in [-0.4, -0.2) is 58.6 Å². The molecule has 1 fully saturated rings. The molecule has 3 aliphatic heterocycles. The first-order valence-electron chi connectivity index (χ1n) is 10.5. The van der Waals surface area contributed by atoms with Gasteiger partial charge in [0.2, 0.25) is 0 Å². The number of ether oxygens (including phenoxy) is 2. The Bertz CT molecular complexity index is 1120. The Morgan fingerprint density at radius 3 is 2.77 bits per heavy atom. The average Bonchev–Trinajstić information content (AvgIpc) is 3.08. The number of aromatic nitrogens is 1. The second kappa shape index (κ2) is 6.38. The van der Waals surface area contributed by atoms with Crippen LogP contribution < -0.4 is 15.1 Å². The van der Waals surface area contributed by atoms with Crippen molar-refractivity contribution in [1.29, 1.82) is 0 Å². The monoisotopic (exact) mass is 425 g/mol. The fourth-order valence-electron chi connectivity index (χ4n) is 4.51. The summed E-state index contributed by atoms with van der Waals surface area (Å²) < 4.78 is 13.6. The highest BCUT2D eigenvalue weighted by molar-refractivity contribution is 6.10. The van der Waals surface area contributed by atoms with Crippen molar-refractivity contribution in [3.8, 4) is 5.75 Å². The van der Waals surface area contributed by atoms with Crippen molar-refractivity contribution in [2.24, 2.45) is 5.10 Å². The van der Waals surface area contributed by atoms with E-state index in [-0.39, 0.29) is 23.6 Å². The fourth-order valence-corrected chi connectivity index (χ4v) is 4.51. The van der Waals surface area contributed by atoms with Crippen LogP contribution in [0.2, 0.25) is 0 Å². The molecular formula is C22H27N5O4. The standard InChI is InChI=1S/C22H27N5O4/c1-13-19(28)24-23-18-10-30-17-8-14-6-7-26(15(14)9-16(17)27(13)18)22(5)11-25(12-22)20(29)31-21(2,3)4/h6-9,13H,10-12H2,1-5H3,(H,24,28). The topological polar surface area (TPSA) is 88.4 Å². The zero-order valence-electron chi connectivity index (χ0n) is 18.4. The molecule has 1 aromatic heterocycles. The number of carbonyl (C=O) groups excluding carboxylic acids is 2. The van der Waals surface area contributed by atoms with Gasteiger partial charge in [-0.3, -0.25) is 4.79 Å². The molecule has 5 rings (SSSR count). The minimum Gasteiger partial charge on any atom is -0.483 e. The van der Waals surface area contributed by atoms with Crippen LogP contribution in [0.3, 0.4) is 0 Å². The molecule has 0 radical (unpaired) electrons. The Balaban J connectivity index is 1.47. The van der Waals surface area contributed by atoms with Gasteiger partial charge in [-0.25, -0.2) is 10.2 Å². The van der Waals surface area contributed by atoms with Crippen molar-refractivity contribution in [2.75, 3.05) is 24.6 Å². The van der Waals surface area contributed by atoms with Crippen LogP contribution in [0.15, 0.2) is 29.5 Å². The maximum Gasteiger partial charge on any atom is 0.410 e. The molecule has 1 unspecified atom stereocenters. The number of hydrogen-bond acceptors (Lipinski definition) is 6. The lowest BCUT2D eigenvalue weighted by Gasteiger charge is -2.49. The predicted octanol–water partition coefficient (Wildman–Crippen LogP) is 2.64. The molecule has 1 aromatic carbocycles. The van der Waals surface area contributed by atoms with Crippen molar-refractivity contribution in [3.63, 3.8) is 0 Å². The molecule has 1 atom stereocenters. The normalized spacial score (nSPS) is 22.0. The second-order valence-corrected chi connectivity index (χ2v) is 9.74. The van der Waals surface area contributed by atoms with Crippen LogP contribution in [-0.2, 0) is 15.1 Å². The summed E-state index contributed by atoms with van der Waals surface area (Å²) in [6, 6.07) is 5.73. The van der Waals surface area contributed by atoms with E-state index in [1.165, 1.54) is 0 Å². The fraction of sp³-hybridized carbons (Fsp3) is 0.500. The lowest BCUT2D eigenvalue weighted by Crippen LogP contribution is -2.63. The first kappa shape index (κ1) is 19.7. The summed E-state index contributed by atoms with van der Waals surface area (Å²) in [6.07, 6.45) is 1.75. The molecule has 0 saturated carbocycles. The number of hydrazone groups is 1. The number of rotatable bonds is 1. The second-order valence-electron chi connectivity index (χ2n) is 9.74. The largest absolute Gasteiger partial charge is 0.483 e. The molecule has 2 aromatic rings. The van der Waals surface area contributed by atoms with Crippen molar-refractivity contribution in [1.82, 2.24) is 14.9 Å². The maximum absolute atomic E-state index is 12.4. The first-order valence-corrected chi connectivity index (χ1v) is 10.5. The van der Waals surface area contributed by atoms with Crippen LogP contribution in [0.4, 0.5) is 10.5 Å². The van der Waals surface area contributed by atoms with E-state index in [1.54, 1.807) is 4.90 Å². The Kier molecular flexibility index (Phi) is 4.06. The number of fused-ring (bicyclic) bond motifs is 4. The molecule has 31 heavy (non-hydrogen) atoms. The number of benzene rings is 1. The van der Waals surface area contributed by atoms with Crippen LogP contribution in [0.25, 0.3) is 10.9 Å². The van der Waals surface area contributed by atoms with E-state index in [4.69, 9.17) is 9.47 Å². The number of nitrogens with zero attached hydrogens (tertiary/aromatic N) is 4. The highest BCUT2D eigenvalue weighted by Crippen LogP contribution is 2.41. The van der Waals surface area contributed by atoms with Crippen LogP contribution in [0, 0.1) is 0 Å². The zero-order chi connectivity index (χ0) is 22.1. The number of amidine groups is 1. The van der Waals surface area contributed by atoms with Gasteiger partial charge in [0.05, 0.1) is 16.7 Å². The number of nitrogens with one attached hydrogen (secondary N) is 1. The van der Waals surface area contributed by atoms with Crippen molar-refractivity contribution in [2.45, 2.75) is 51.8 Å². The van der Waals surface area contributed by atoms with Crippen LogP contribution in [0.1, 0.15) is 34.6 Å². The van der Waals surface area contributed by atoms with Crippen molar-refractivity contribution in [3.05, 3.63) is 24.4 Å². The third kappa shape index (κ3) is 3.10. The van der Waals surface area contributed by atoms with Gasteiger partial charge in [0.15, 0.2) is 5.84 Å². The Morgan fingerprint density at radius 2 is 2.06 bits per heavy atom. The summed E-state index contributed by atoms with van der Waals surface area (Å²) in [5, 5.41) is 5.21. The highest BCUT2D eigenvalue weighted by Gasteiger charge is 2.45. The van der Waals surface area contributed by atoms with Gasteiger partial charge in [-0.2, -0.15) is 5.10 Å². The number of hydrogen-bond donors (Lipinski definition) is 1. The summed E-state index contributed by atoms with van der Waals surface area (Å²) >= 11 is 0. The molecule has 0 bridgehead atoms. The van der Waals surface area contributed by atoms with E-state index in [2.05, 4.69) is 34.2 Å². The molecule has 0 aliphatic carbocycles. The Morgan fingerprint density at radius 1 is 1.32 bits per heavy atom. The van der Waals surface area contributed by atoms with E-state index in [1.807, 2.05) is 44.9 Å². The number of amides is 2. The lowest BCUT2D eigenvalue weighted by molar-refractivity contribution is -0.122. The summed E-state index contributed by atoms with van der Waals surface area (Å²) in [5.74, 6) is 1.27. The van der Waals surface area contributed by atoms with Gasteiger partial charge in [-0.15, -0.1) is 0 Å². The number of likely N-dealkylation sites (tertiary alicyclic amines) is 1. The summed E-state index contributed by atoms with van der Waals surface area (Å²) in [5.41, 5.74) is 3.64. The van der Waals surface area contributed by atoms with E-state index in [0.29, 0.717) is 25.5 Å². The van der Waals surface area contributed by atoms with Gasteiger partial charge in [0.25, 0.3) is 5.91 Å². The molecule has 9 heteroatoms. The maximum atomic E-state index is 12.4. The van der Waals surface area contributed by atoms with Gasteiger partial charge in [0, 0.05) is 24.7 Å². The van der Waals surface area contributed by atoms with E-state index >= 15 is 0 Å². The smallest absolute Gasteiger partial charge is 0.410 e. The van der Waals surface area contributed by atoms with Gasteiger partial charge in [-0.05, 0) is 52.8 Å². The van der Waals surface area contributed by atoms with Crippen LogP contribution in [0.5, 0.6) is 5.75 Å². The molecule has 9 nitrogen and oxygen atoms in total. The molecule has 164 valence electrons. The molecule has 1 saturated heterocycles. The Labute approximate surface area is 180 Å². The molecule has 0 spiro atoms. The van der Waals surface area contributed by atoms with E-state index in [0.717, 1.165) is 22.3 Å². The Hall–Kier alpha value is -3.23. The molecule has 3 aliphatic rings. The van der Waals surface area contributed by atoms with Crippen molar-refractivity contribution < 1.29 is 19.1 Å². The molecular weight excluding hydrogens is 398 g/mol. The number of anilines is 1. The highest BCUT2D eigenvalue weighted by atomic mass is 16.6. The third-order valence-corrected chi connectivity index (χ3v) is 6.02. The van der Waals surface area contributed by atoms with Gasteiger partial charge < -0.3 is 23.8 Å². The minimum absolute atomic E-state index is 0.147. The lowest BCUT2D eigenvalue weighted by atomic mass is 9.92. The summed E-state index contributed by atoms with van der Waals surface area (Å²) in [4.78, 5) is 28.3. The number of carbonyl (C=O) groups is 2. The van der Waals surface area contributed by atoms with Gasteiger partial charge in [-0.1, -0.05) is 0 Å². The van der Waals surface area contributed by atoms with E-state index < -0.39 is 5.60 Å². The van der Waals surface area contributed by atoms with Gasteiger partial charge in [0.1, 0.15) is 24.0 Å². The third-order valence-electron chi connectivity index (χ3n) is 6.02. The quantitative estimate of drug-likeness (QED) is 0.759. The zero-order valence-corrected chi connectivity index (χ0v) is 18.4. The van der Waals surface area contributed by atoms with Gasteiger partial charge >= 0.3 is 6.09 Å². The molecule has 2 amide bonds. The minimum atomic E-state index is -0.515. The van der Waals surface area contributed by atoms with E-state index in [9.17, 15) is 9.59 Å². The SMILES string of the molecule is CC1C(=O)NN=C2COc3cc4ccn(C5(C)CN(C(=O)OC(C)(C)C)C5)c4cc3N21. The van der Waals surface area contributed by atoms with Crippen LogP contribution >= 0.6 is 0 Å². The molecule has 4 heterocycles. The summed E-state index contributed by atoms with van der Waals surface area (Å²) in [7, 11) is 0. The predicted molar refractivity (Wildman–Crippen MR) is 116 cm³/mol.